The fourth-order valence-corrected chi connectivity index (χ4v) is 1.60. The van der Waals surface area contributed by atoms with E-state index in [0.717, 1.165) is 25.7 Å². The predicted molar refractivity (Wildman–Crippen MR) is 63.3 cm³/mol. The first-order valence-electron chi connectivity index (χ1n) is 6.26. The van der Waals surface area contributed by atoms with E-state index in [-0.39, 0.29) is 18.4 Å². The van der Waals surface area contributed by atoms with E-state index >= 15 is 0 Å². The van der Waals surface area contributed by atoms with Crippen molar-refractivity contribution in [3.05, 3.63) is 0 Å². The molecule has 1 atom stereocenters. The molecule has 1 N–H and O–H groups in total. The van der Waals surface area contributed by atoms with E-state index in [1.54, 1.807) is 6.92 Å². The largest absolute Gasteiger partial charge is 0.466 e. The summed E-state index contributed by atoms with van der Waals surface area (Å²) in [5.74, 6) is -0.225. The fourth-order valence-electron chi connectivity index (χ4n) is 1.60. The molecule has 4 heteroatoms. The van der Waals surface area contributed by atoms with Crippen molar-refractivity contribution in [2.45, 2.75) is 58.9 Å². The number of carbonyl (C=O) groups excluding carboxylic acids is 1. The van der Waals surface area contributed by atoms with Crippen molar-refractivity contribution in [2.75, 3.05) is 13.2 Å². The van der Waals surface area contributed by atoms with Gasteiger partial charge in [-0.3, -0.25) is 4.79 Å². The summed E-state index contributed by atoms with van der Waals surface area (Å²) in [6.45, 7) is 6.94. The second-order valence-electron chi connectivity index (χ2n) is 3.97. The van der Waals surface area contributed by atoms with Crippen molar-refractivity contribution in [3.8, 4) is 0 Å². The molecular weight excluding hydrogens is 206 g/mol. The third-order valence-electron chi connectivity index (χ3n) is 2.49. The van der Waals surface area contributed by atoms with E-state index in [0.29, 0.717) is 13.2 Å². The molecule has 0 radical (unpaired) electrons. The SMILES string of the molecule is CCCCN(O)C(CCC)CC(=O)OCC. The van der Waals surface area contributed by atoms with Crippen molar-refractivity contribution in [3.63, 3.8) is 0 Å². The zero-order valence-corrected chi connectivity index (χ0v) is 10.7. The van der Waals surface area contributed by atoms with Crippen LogP contribution >= 0.6 is 0 Å². The molecule has 0 aromatic carbocycles. The third kappa shape index (κ3) is 6.80. The van der Waals surface area contributed by atoms with E-state index in [4.69, 9.17) is 4.74 Å². The number of esters is 1. The van der Waals surface area contributed by atoms with Gasteiger partial charge in [0, 0.05) is 12.6 Å². The van der Waals surface area contributed by atoms with Crippen LogP contribution in [0.5, 0.6) is 0 Å². The second kappa shape index (κ2) is 9.60. The predicted octanol–water partition coefficient (Wildman–Crippen LogP) is 2.60. The Morgan fingerprint density at radius 2 is 2.00 bits per heavy atom. The molecule has 0 aliphatic heterocycles. The highest BCUT2D eigenvalue weighted by molar-refractivity contribution is 5.70. The molecule has 0 rings (SSSR count). The molecule has 0 aliphatic carbocycles. The minimum absolute atomic E-state index is 0.101. The van der Waals surface area contributed by atoms with E-state index in [9.17, 15) is 10.0 Å². The Bertz CT molecular complexity index is 185. The lowest BCUT2D eigenvalue weighted by atomic mass is 10.1. The first kappa shape index (κ1) is 15.4. The Balaban J connectivity index is 4.08. The summed E-state index contributed by atoms with van der Waals surface area (Å²) in [6, 6.07) is -0.101. The molecule has 0 saturated carbocycles. The zero-order valence-electron chi connectivity index (χ0n) is 10.7. The molecule has 0 aromatic heterocycles. The summed E-state index contributed by atoms with van der Waals surface area (Å²) in [4.78, 5) is 11.3. The first-order valence-corrected chi connectivity index (χ1v) is 6.26. The minimum Gasteiger partial charge on any atom is -0.466 e. The Labute approximate surface area is 98.5 Å². The van der Waals surface area contributed by atoms with Crippen LogP contribution in [0.1, 0.15) is 52.9 Å². The van der Waals surface area contributed by atoms with Crippen LogP contribution in [0.25, 0.3) is 0 Å². The second-order valence-corrected chi connectivity index (χ2v) is 3.97. The monoisotopic (exact) mass is 231 g/mol. The maximum absolute atomic E-state index is 11.3. The molecule has 0 fully saturated rings. The molecule has 0 amide bonds. The molecule has 0 spiro atoms. The van der Waals surface area contributed by atoms with Crippen LogP contribution < -0.4 is 0 Å². The van der Waals surface area contributed by atoms with Crippen LogP contribution in [0.15, 0.2) is 0 Å². The summed E-state index contributed by atoms with van der Waals surface area (Å²) >= 11 is 0. The van der Waals surface area contributed by atoms with Crippen molar-refractivity contribution in [1.29, 1.82) is 0 Å². The normalized spacial score (nSPS) is 12.8. The minimum atomic E-state index is -0.225. The van der Waals surface area contributed by atoms with E-state index in [1.807, 2.05) is 6.92 Å². The molecule has 0 saturated heterocycles. The Morgan fingerprint density at radius 3 is 2.50 bits per heavy atom. The first-order chi connectivity index (χ1) is 7.65. The van der Waals surface area contributed by atoms with Crippen molar-refractivity contribution in [2.24, 2.45) is 0 Å². The van der Waals surface area contributed by atoms with Crippen LogP contribution in [0.3, 0.4) is 0 Å². The average Bonchev–Trinajstić information content (AvgIpc) is 2.25. The van der Waals surface area contributed by atoms with Crippen LogP contribution in [-0.2, 0) is 9.53 Å². The highest BCUT2D eigenvalue weighted by atomic mass is 16.5. The summed E-state index contributed by atoms with van der Waals surface area (Å²) in [7, 11) is 0. The van der Waals surface area contributed by atoms with Gasteiger partial charge in [0.2, 0.25) is 0 Å². The summed E-state index contributed by atoms with van der Waals surface area (Å²) in [6.07, 6.45) is 4.03. The Morgan fingerprint density at radius 1 is 1.31 bits per heavy atom. The maximum Gasteiger partial charge on any atom is 0.307 e. The molecule has 0 aliphatic rings. The van der Waals surface area contributed by atoms with Gasteiger partial charge in [-0.1, -0.05) is 26.7 Å². The van der Waals surface area contributed by atoms with E-state index in [2.05, 4.69) is 6.92 Å². The van der Waals surface area contributed by atoms with Gasteiger partial charge in [0.25, 0.3) is 0 Å². The number of rotatable bonds is 9. The summed E-state index contributed by atoms with van der Waals surface area (Å²) < 4.78 is 4.90. The average molecular weight is 231 g/mol. The van der Waals surface area contributed by atoms with Crippen LogP contribution in [-0.4, -0.2) is 35.4 Å². The Hall–Kier alpha value is -0.610. The van der Waals surface area contributed by atoms with Gasteiger partial charge in [0.1, 0.15) is 0 Å². The summed E-state index contributed by atoms with van der Waals surface area (Å²) in [5, 5.41) is 11.1. The van der Waals surface area contributed by atoms with E-state index in [1.165, 1.54) is 5.06 Å². The van der Waals surface area contributed by atoms with Gasteiger partial charge in [-0.05, 0) is 19.8 Å². The van der Waals surface area contributed by atoms with Crippen LogP contribution in [0.4, 0.5) is 0 Å². The Kier molecular flexibility index (Phi) is 9.24. The lowest BCUT2D eigenvalue weighted by Crippen LogP contribution is -2.35. The lowest BCUT2D eigenvalue weighted by molar-refractivity contribution is -0.158. The van der Waals surface area contributed by atoms with Gasteiger partial charge in [0.15, 0.2) is 0 Å². The fraction of sp³-hybridized carbons (Fsp3) is 0.917. The van der Waals surface area contributed by atoms with Crippen molar-refractivity contribution in [1.82, 2.24) is 5.06 Å². The zero-order chi connectivity index (χ0) is 12.4. The standard InChI is InChI=1S/C12H25NO3/c1-4-7-9-13(15)11(8-5-2)10-12(14)16-6-3/h11,15H,4-10H2,1-3H3. The van der Waals surface area contributed by atoms with Gasteiger partial charge in [-0.25, -0.2) is 0 Å². The van der Waals surface area contributed by atoms with Crippen molar-refractivity contribution >= 4 is 5.97 Å². The van der Waals surface area contributed by atoms with Gasteiger partial charge < -0.3 is 9.94 Å². The highest BCUT2D eigenvalue weighted by Crippen LogP contribution is 2.11. The molecule has 0 bridgehead atoms. The third-order valence-corrected chi connectivity index (χ3v) is 2.49. The molecule has 96 valence electrons. The highest BCUT2D eigenvalue weighted by Gasteiger charge is 2.19. The number of ether oxygens (including phenoxy) is 1. The quantitative estimate of drug-likeness (QED) is 0.489. The number of hydrogen-bond donors (Lipinski definition) is 1. The molecule has 0 heterocycles. The molecular formula is C12H25NO3. The summed E-state index contributed by atoms with van der Waals surface area (Å²) in [5.41, 5.74) is 0. The lowest BCUT2D eigenvalue weighted by Gasteiger charge is -2.24. The number of unbranched alkanes of at least 4 members (excludes halogenated alkanes) is 1. The van der Waals surface area contributed by atoms with Crippen LogP contribution in [0, 0.1) is 0 Å². The molecule has 16 heavy (non-hydrogen) atoms. The van der Waals surface area contributed by atoms with E-state index < -0.39 is 0 Å². The number of nitrogens with zero attached hydrogens (tertiary/aromatic N) is 1. The topological polar surface area (TPSA) is 49.8 Å². The van der Waals surface area contributed by atoms with Gasteiger partial charge in [-0.2, -0.15) is 5.06 Å². The van der Waals surface area contributed by atoms with Crippen molar-refractivity contribution < 1.29 is 14.7 Å². The van der Waals surface area contributed by atoms with Gasteiger partial charge >= 0.3 is 5.97 Å². The number of hydrogen-bond acceptors (Lipinski definition) is 4. The van der Waals surface area contributed by atoms with Crippen LogP contribution in [0.2, 0.25) is 0 Å². The molecule has 4 nitrogen and oxygen atoms in total. The molecule has 0 aromatic rings. The number of carbonyl (C=O) groups is 1. The smallest absolute Gasteiger partial charge is 0.307 e. The number of hydroxylamine groups is 2. The van der Waals surface area contributed by atoms with Gasteiger partial charge in [0.05, 0.1) is 13.0 Å². The van der Waals surface area contributed by atoms with Gasteiger partial charge in [-0.15, -0.1) is 0 Å². The molecule has 1 unspecified atom stereocenters. The maximum atomic E-state index is 11.3.